The lowest BCUT2D eigenvalue weighted by atomic mass is 10.1. The second kappa shape index (κ2) is 8.32. The van der Waals surface area contributed by atoms with Gasteiger partial charge in [-0.25, -0.2) is 0 Å². The van der Waals surface area contributed by atoms with Crippen molar-refractivity contribution in [2.24, 2.45) is 4.99 Å². The summed E-state index contributed by atoms with van der Waals surface area (Å²) >= 11 is 0. The summed E-state index contributed by atoms with van der Waals surface area (Å²) < 4.78 is 0. The molecule has 0 radical (unpaired) electrons. The van der Waals surface area contributed by atoms with Gasteiger partial charge in [0.1, 0.15) is 0 Å². The van der Waals surface area contributed by atoms with Crippen LogP contribution < -0.4 is 0 Å². The molecule has 0 aliphatic carbocycles. The van der Waals surface area contributed by atoms with Crippen LogP contribution in [0.2, 0.25) is 0 Å². The van der Waals surface area contributed by atoms with Crippen LogP contribution in [0.5, 0.6) is 0 Å². The van der Waals surface area contributed by atoms with E-state index in [0.717, 1.165) is 43.1 Å². The van der Waals surface area contributed by atoms with Gasteiger partial charge < -0.3 is 4.90 Å². The number of nitrogens with zero attached hydrogens (tertiary/aromatic N) is 3. The third-order valence-electron chi connectivity index (χ3n) is 3.54. The van der Waals surface area contributed by atoms with E-state index in [-0.39, 0.29) is 0 Å². The van der Waals surface area contributed by atoms with E-state index in [1.807, 2.05) is 42.6 Å². The molecule has 0 spiro atoms. The monoisotopic (exact) mass is 281 g/mol. The van der Waals surface area contributed by atoms with Crippen molar-refractivity contribution in [1.82, 2.24) is 9.88 Å². The van der Waals surface area contributed by atoms with Crippen molar-refractivity contribution in [2.45, 2.75) is 13.8 Å². The SMILES string of the molecule is CCN(CC)CCN=C(c1ccccc1)c1ccccn1. The van der Waals surface area contributed by atoms with Gasteiger partial charge >= 0.3 is 0 Å². The van der Waals surface area contributed by atoms with Crippen LogP contribution in [0.3, 0.4) is 0 Å². The summed E-state index contributed by atoms with van der Waals surface area (Å²) in [4.78, 5) is 11.6. The number of likely N-dealkylation sites (N-methyl/N-ethyl adjacent to an activating group) is 1. The number of aromatic nitrogens is 1. The molecule has 3 nitrogen and oxygen atoms in total. The van der Waals surface area contributed by atoms with Crippen molar-refractivity contribution in [2.75, 3.05) is 26.2 Å². The Morgan fingerprint density at radius 2 is 1.71 bits per heavy atom. The van der Waals surface area contributed by atoms with E-state index in [9.17, 15) is 0 Å². The predicted octanol–water partition coefficient (Wildman–Crippen LogP) is 3.26. The molecule has 0 fully saturated rings. The van der Waals surface area contributed by atoms with Gasteiger partial charge in [-0.1, -0.05) is 50.2 Å². The zero-order chi connectivity index (χ0) is 14.9. The normalized spacial score (nSPS) is 11.9. The lowest BCUT2D eigenvalue weighted by Crippen LogP contribution is -2.26. The van der Waals surface area contributed by atoms with Crippen molar-refractivity contribution < 1.29 is 0 Å². The number of pyridine rings is 1. The van der Waals surface area contributed by atoms with Gasteiger partial charge in [0.25, 0.3) is 0 Å². The fraction of sp³-hybridized carbons (Fsp3) is 0.333. The second-order valence-electron chi connectivity index (χ2n) is 4.84. The number of rotatable bonds is 7. The Morgan fingerprint density at radius 1 is 1.00 bits per heavy atom. The minimum Gasteiger partial charge on any atom is -0.302 e. The quantitative estimate of drug-likeness (QED) is 0.729. The molecule has 1 heterocycles. The van der Waals surface area contributed by atoms with E-state index in [2.05, 4.69) is 35.9 Å². The lowest BCUT2D eigenvalue weighted by molar-refractivity contribution is 0.313. The molecule has 0 unspecified atom stereocenters. The summed E-state index contributed by atoms with van der Waals surface area (Å²) in [5, 5.41) is 0. The molecule has 0 aliphatic rings. The smallest absolute Gasteiger partial charge is 0.0903 e. The third-order valence-corrected chi connectivity index (χ3v) is 3.54. The fourth-order valence-corrected chi connectivity index (χ4v) is 2.26. The van der Waals surface area contributed by atoms with Crippen molar-refractivity contribution in [1.29, 1.82) is 0 Å². The molecular weight excluding hydrogens is 258 g/mol. The van der Waals surface area contributed by atoms with Crippen molar-refractivity contribution >= 4 is 5.71 Å². The summed E-state index contributed by atoms with van der Waals surface area (Å²) in [6.07, 6.45) is 1.82. The molecule has 0 bridgehead atoms. The van der Waals surface area contributed by atoms with Crippen LogP contribution in [0.4, 0.5) is 0 Å². The summed E-state index contributed by atoms with van der Waals surface area (Å²) in [7, 11) is 0. The number of benzene rings is 1. The summed E-state index contributed by atoms with van der Waals surface area (Å²) in [6.45, 7) is 8.28. The van der Waals surface area contributed by atoms with Gasteiger partial charge in [-0.2, -0.15) is 0 Å². The Kier molecular flexibility index (Phi) is 6.10. The van der Waals surface area contributed by atoms with Crippen LogP contribution in [0, 0.1) is 0 Å². The highest BCUT2D eigenvalue weighted by atomic mass is 15.1. The van der Waals surface area contributed by atoms with E-state index in [0.29, 0.717) is 0 Å². The lowest BCUT2D eigenvalue weighted by Gasteiger charge is -2.16. The first-order valence-corrected chi connectivity index (χ1v) is 7.58. The van der Waals surface area contributed by atoms with Gasteiger partial charge in [0.05, 0.1) is 18.0 Å². The molecule has 0 amide bonds. The Morgan fingerprint density at radius 3 is 2.33 bits per heavy atom. The zero-order valence-corrected chi connectivity index (χ0v) is 12.9. The highest BCUT2D eigenvalue weighted by Gasteiger charge is 2.07. The largest absolute Gasteiger partial charge is 0.302 e. The van der Waals surface area contributed by atoms with Crippen LogP contribution in [0.25, 0.3) is 0 Å². The van der Waals surface area contributed by atoms with E-state index >= 15 is 0 Å². The highest BCUT2D eigenvalue weighted by Crippen LogP contribution is 2.08. The van der Waals surface area contributed by atoms with Gasteiger partial charge in [-0.3, -0.25) is 9.98 Å². The van der Waals surface area contributed by atoms with Crippen LogP contribution in [0.15, 0.2) is 59.7 Å². The Balaban J connectivity index is 2.21. The van der Waals surface area contributed by atoms with E-state index < -0.39 is 0 Å². The Labute approximate surface area is 127 Å². The first-order chi connectivity index (χ1) is 10.3. The fourth-order valence-electron chi connectivity index (χ4n) is 2.26. The van der Waals surface area contributed by atoms with E-state index in [1.165, 1.54) is 0 Å². The summed E-state index contributed by atoms with van der Waals surface area (Å²) in [5.74, 6) is 0. The molecule has 0 aliphatic heterocycles. The highest BCUT2D eigenvalue weighted by molar-refractivity contribution is 6.11. The predicted molar refractivity (Wildman–Crippen MR) is 89.0 cm³/mol. The summed E-state index contributed by atoms with van der Waals surface area (Å²) in [6, 6.07) is 16.2. The molecule has 1 aromatic heterocycles. The number of hydrogen-bond donors (Lipinski definition) is 0. The van der Waals surface area contributed by atoms with Gasteiger partial charge in [0.15, 0.2) is 0 Å². The third kappa shape index (κ3) is 4.50. The molecule has 0 atom stereocenters. The summed E-state index contributed by atoms with van der Waals surface area (Å²) in [5.41, 5.74) is 3.03. The van der Waals surface area contributed by atoms with E-state index in [4.69, 9.17) is 4.99 Å². The topological polar surface area (TPSA) is 28.5 Å². The number of aliphatic imine (C=N–C) groups is 1. The Bertz CT molecular complexity index is 504. The minimum atomic E-state index is 0.794. The van der Waals surface area contributed by atoms with Crippen LogP contribution in [0.1, 0.15) is 25.1 Å². The molecule has 0 N–H and O–H groups in total. The van der Waals surface area contributed by atoms with Gasteiger partial charge in [-0.05, 0) is 25.2 Å². The van der Waals surface area contributed by atoms with Crippen LogP contribution >= 0.6 is 0 Å². The molecule has 2 aromatic rings. The van der Waals surface area contributed by atoms with Crippen molar-refractivity contribution in [3.63, 3.8) is 0 Å². The Hall–Kier alpha value is -2.00. The first-order valence-electron chi connectivity index (χ1n) is 7.58. The minimum absolute atomic E-state index is 0.794. The molecule has 2 rings (SSSR count). The molecule has 3 heteroatoms. The molecule has 21 heavy (non-hydrogen) atoms. The average molecular weight is 281 g/mol. The first kappa shape index (κ1) is 15.4. The molecular formula is C18H23N3. The van der Waals surface area contributed by atoms with Crippen molar-refractivity contribution in [3.05, 3.63) is 66.0 Å². The molecule has 1 aromatic carbocycles. The number of hydrogen-bond acceptors (Lipinski definition) is 3. The van der Waals surface area contributed by atoms with Gasteiger partial charge in [0, 0.05) is 18.3 Å². The van der Waals surface area contributed by atoms with Gasteiger partial charge in [0.2, 0.25) is 0 Å². The maximum atomic E-state index is 4.81. The van der Waals surface area contributed by atoms with Crippen molar-refractivity contribution in [3.8, 4) is 0 Å². The average Bonchev–Trinajstić information content (AvgIpc) is 2.57. The maximum Gasteiger partial charge on any atom is 0.0903 e. The second-order valence-corrected chi connectivity index (χ2v) is 4.84. The van der Waals surface area contributed by atoms with Crippen LogP contribution in [-0.4, -0.2) is 41.8 Å². The van der Waals surface area contributed by atoms with Crippen LogP contribution in [-0.2, 0) is 0 Å². The zero-order valence-electron chi connectivity index (χ0n) is 12.9. The standard InChI is InChI=1S/C18H23N3/c1-3-21(4-2)15-14-20-18(16-10-6-5-7-11-16)17-12-8-9-13-19-17/h5-13H,3-4,14-15H2,1-2H3. The molecule has 0 saturated heterocycles. The maximum absolute atomic E-state index is 4.81. The van der Waals surface area contributed by atoms with E-state index in [1.54, 1.807) is 0 Å². The molecule has 110 valence electrons. The van der Waals surface area contributed by atoms with Gasteiger partial charge in [-0.15, -0.1) is 0 Å². The molecule has 0 saturated carbocycles.